The van der Waals surface area contributed by atoms with Crippen molar-refractivity contribution in [2.24, 2.45) is 0 Å². The second kappa shape index (κ2) is 7.19. The van der Waals surface area contributed by atoms with Crippen molar-refractivity contribution >= 4 is 29.4 Å². The van der Waals surface area contributed by atoms with Crippen LogP contribution in [0, 0.1) is 0 Å². The first kappa shape index (κ1) is 14.7. The van der Waals surface area contributed by atoms with Crippen LogP contribution in [0.2, 0.25) is 0 Å². The number of nitrogens with one attached hydrogen (secondary N) is 1. The molecule has 5 nitrogen and oxygen atoms in total. The van der Waals surface area contributed by atoms with E-state index in [-0.39, 0.29) is 18.6 Å². The summed E-state index contributed by atoms with van der Waals surface area (Å²) in [5.41, 5.74) is 0.595. The zero-order valence-corrected chi connectivity index (χ0v) is 11.9. The van der Waals surface area contributed by atoms with Crippen molar-refractivity contribution in [1.82, 2.24) is 5.32 Å². The topological polar surface area (TPSA) is 69.6 Å². The number of urea groups is 1. The van der Waals surface area contributed by atoms with E-state index in [1.54, 1.807) is 24.3 Å². The molecule has 6 heteroatoms. The van der Waals surface area contributed by atoms with Crippen LogP contribution in [-0.4, -0.2) is 41.2 Å². The van der Waals surface area contributed by atoms with E-state index in [0.29, 0.717) is 5.69 Å². The molecule has 2 rings (SSSR count). The second-order valence-corrected chi connectivity index (χ2v) is 5.88. The van der Waals surface area contributed by atoms with E-state index in [1.165, 1.54) is 4.90 Å². The van der Waals surface area contributed by atoms with Crippen LogP contribution in [0.15, 0.2) is 30.3 Å². The fourth-order valence-corrected chi connectivity index (χ4v) is 3.22. The molecule has 1 aromatic carbocycles. The van der Waals surface area contributed by atoms with Gasteiger partial charge in [-0.2, -0.15) is 11.8 Å². The number of hydrogen-bond donors (Lipinski definition) is 2. The molecule has 2 amide bonds. The third kappa shape index (κ3) is 4.16. The molecule has 2 N–H and O–H groups in total. The van der Waals surface area contributed by atoms with E-state index in [1.807, 2.05) is 17.8 Å². The summed E-state index contributed by atoms with van der Waals surface area (Å²) in [6, 6.07) is 8.68. The number of rotatable bonds is 4. The van der Waals surface area contributed by atoms with Crippen LogP contribution in [0.1, 0.15) is 12.8 Å². The molecule has 0 aromatic heterocycles. The van der Waals surface area contributed by atoms with Gasteiger partial charge in [0.15, 0.2) is 0 Å². The van der Waals surface area contributed by atoms with E-state index < -0.39 is 5.97 Å². The molecule has 1 aliphatic heterocycles. The Hall–Kier alpha value is -1.69. The Morgan fingerprint density at radius 2 is 1.90 bits per heavy atom. The standard InChI is InChI=1S/C14H18N2O3S/c17-13(18)10-16(12-4-2-1-3-5-12)14(19)15-11-6-8-20-9-7-11/h1-5,11H,6-10H2,(H,15,19)(H,17,18). The summed E-state index contributed by atoms with van der Waals surface area (Å²) in [6.07, 6.45) is 1.87. The van der Waals surface area contributed by atoms with Crippen LogP contribution < -0.4 is 10.2 Å². The largest absolute Gasteiger partial charge is 0.480 e. The van der Waals surface area contributed by atoms with Gasteiger partial charge in [-0.15, -0.1) is 0 Å². The SMILES string of the molecule is O=C(O)CN(C(=O)NC1CCSCC1)c1ccccc1. The van der Waals surface area contributed by atoms with Crippen molar-refractivity contribution in [2.75, 3.05) is 23.0 Å². The minimum absolute atomic E-state index is 0.142. The quantitative estimate of drug-likeness (QED) is 0.893. The summed E-state index contributed by atoms with van der Waals surface area (Å²) in [6.45, 7) is -0.336. The normalized spacial score (nSPS) is 15.6. The highest BCUT2D eigenvalue weighted by molar-refractivity contribution is 7.99. The first-order chi connectivity index (χ1) is 9.66. The van der Waals surface area contributed by atoms with Crippen LogP contribution in [-0.2, 0) is 4.79 Å². The smallest absolute Gasteiger partial charge is 0.323 e. The Balaban J connectivity index is 2.05. The number of nitrogens with zero attached hydrogens (tertiary/aromatic N) is 1. The fraction of sp³-hybridized carbons (Fsp3) is 0.429. The van der Waals surface area contributed by atoms with Gasteiger partial charge in [0.05, 0.1) is 0 Å². The fourth-order valence-electron chi connectivity index (χ4n) is 2.12. The third-order valence-electron chi connectivity index (χ3n) is 3.16. The Morgan fingerprint density at radius 1 is 1.25 bits per heavy atom. The zero-order chi connectivity index (χ0) is 14.4. The van der Waals surface area contributed by atoms with E-state index in [2.05, 4.69) is 5.32 Å². The Labute approximate surface area is 122 Å². The lowest BCUT2D eigenvalue weighted by Gasteiger charge is -2.27. The summed E-state index contributed by atoms with van der Waals surface area (Å²) in [7, 11) is 0. The summed E-state index contributed by atoms with van der Waals surface area (Å²) in [4.78, 5) is 24.5. The molecule has 0 spiro atoms. The minimum Gasteiger partial charge on any atom is -0.480 e. The van der Waals surface area contributed by atoms with Crippen molar-refractivity contribution in [3.63, 3.8) is 0 Å². The average Bonchev–Trinajstić information content (AvgIpc) is 2.46. The zero-order valence-electron chi connectivity index (χ0n) is 11.1. The molecular formula is C14H18N2O3S. The molecule has 1 fully saturated rings. The molecular weight excluding hydrogens is 276 g/mol. The van der Waals surface area contributed by atoms with Crippen LogP contribution in [0.5, 0.6) is 0 Å². The summed E-state index contributed by atoms with van der Waals surface area (Å²) < 4.78 is 0. The monoisotopic (exact) mass is 294 g/mol. The molecule has 0 aliphatic carbocycles. The van der Waals surface area contributed by atoms with Crippen molar-refractivity contribution in [3.8, 4) is 0 Å². The number of carboxylic acid groups (broad SMARTS) is 1. The second-order valence-electron chi connectivity index (χ2n) is 4.65. The molecule has 0 radical (unpaired) electrons. The third-order valence-corrected chi connectivity index (χ3v) is 4.20. The van der Waals surface area contributed by atoms with Crippen molar-refractivity contribution in [2.45, 2.75) is 18.9 Å². The number of aliphatic carboxylic acids is 1. The highest BCUT2D eigenvalue weighted by atomic mass is 32.2. The lowest BCUT2D eigenvalue weighted by molar-refractivity contribution is -0.135. The molecule has 0 unspecified atom stereocenters. The van der Waals surface area contributed by atoms with Gasteiger partial charge in [-0.1, -0.05) is 18.2 Å². The van der Waals surface area contributed by atoms with Gasteiger partial charge in [0, 0.05) is 11.7 Å². The minimum atomic E-state index is -1.02. The van der Waals surface area contributed by atoms with E-state index >= 15 is 0 Å². The van der Waals surface area contributed by atoms with Gasteiger partial charge in [0.2, 0.25) is 0 Å². The van der Waals surface area contributed by atoms with Crippen LogP contribution in [0.4, 0.5) is 10.5 Å². The predicted octanol–water partition coefficient (Wildman–Crippen LogP) is 2.18. The van der Waals surface area contributed by atoms with Gasteiger partial charge in [-0.3, -0.25) is 9.69 Å². The molecule has 0 saturated carbocycles. The molecule has 1 saturated heterocycles. The molecule has 0 bridgehead atoms. The van der Waals surface area contributed by atoms with Crippen LogP contribution >= 0.6 is 11.8 Å². The molecule has 20 heavy (non-hydrogen) atoms. The van der Waals surface area contributed by atoms with Gasteiger partial charge < -0.3 is 10.4 Å². The number of anilines is 1. The van der Waals surface area contributed by atoms with Crippen molar-refractivity contribution < 1.29 is 14.7 Å². The maximum atomic E-state index is 12.3. The van der Waals surface area contributed by atoms with E-state index in [4.69, 9.17) is 5.11 Å². The van der Waals surface area contributed by atoms with Gasteiger partial charge in [0.1, 0.15) is 6.54 Å². The highest BCUT2D eigenvalue weighted by Crippen LogP contribution is 2.18. The Bertz CT molecular complexity index is 461. The average molecular weight is 294 g/mol. The summed E-state index contributed by atoms with van der Waals surface area (Å²) in [5.74, 6) is 1.05. The lowest BCUT2D eigenvalue weighted by atomic mass is 10.1. The number of carbonyl (C=O) groups excluding carboxylic acids is 1. The molecule has 1 aromatic rings. The van der Waals surface area contributed by atoms with Gasteiger partial charge in [-0.05, 0) is 36.5 Å². The summed E-state index contributed by atoms with van der Waals surface area (Å²) >= 11 is 1.88. The molecule has 0 atom stereocenters. The first-order valence-corrected chi connectivity index (χ1v) is 7.75. The predicted molar refractivity (Wildman–Crippen MR) is 80.3 cm³/mol. The van der Waals surface area contributed by atoms with Crippen molar-refractivity contribution in [3.05, 3.63) is 30.3 Å². The van der Waals surface area contributed by atoms with Gasteiger partial charge in [-0.25, -0.2) is 4.79 Å². The number of amides is 2. The number of carboxylic acids is 1. The Morgan fingerprint density at radius 3 is 2.50 bits per heavy atom. The van der Waals surface area contributed by atoms with Crippen molar-refractivity contribution in [1.29, 1.82) is 0 Å². The highest BCUT2D eigenvalue weighted by Gasteiger charge is 2.22. The molecule has 1 aliphatic rings. The summed E-state index contributed by atoms with van der Waals surface area (Å²) in [5, 5.41) is 11.9. The first-order valence-electron chi connectivity index (χ1n) is 6.59. The lowest BCUT2D eigenvalue weighted by Crippen LogP contribution is -2.48. The van der Waals surface area contributed by atoms with Gasteiger partial charge in [0.25, 0.3) is 0 Å². The molecule has 1 heterocycles. The number of benzene rings is 1. The number of hydrogen-bond acceptors (Lipinski definition) is 3. The van der Waals surface area contributed by atoms with Crippen LogP contribution in [0.3, 0.4) is 0 Å². The number of carbonyl (C=O) groups is 2. The maximum absolute atomic E-state index is 12.3. The van der Waals surface area contributed by atoms with E-state index in [9.17, 15) is 9.59 Å². The number of para-hydroxylation sites is 1. The maximum Gasteiger partial charge on any atom is 0.323 e. The number of thioether (sulfide) groups is 1. The molecule has 108 valence electrons. The Kier molecular flexibility index (Phi) is 5.29. The van der Waals surface area contributed by atoms with E-state index in [0.717, 1.165) is 24.3 Å². The van der Waals surface area contributed by atoms with Gasteiger partial charge >= 0.3 is 12.0 Å². The van der Waals surface area contributed by atoms with Crippen LogP contribution in [0.25, 0.3) is 0 Å².